The third-order valence-corrected chi connectivity index (χ3v) is 5.31. The van der Waals surface area contributed by atoms with Crippen LogP contribution in [0.2, 0.25) is 5.02 Å². The molecule has 1 heterocycles. The lowest BCUT2D eigenvalue weighted by Crippen LogP contribution is -2.30. The van der Waals surface area contributed by atoms with Crippen LogP contribution in [0, 0.1) is 0 Å². The summed E-state index contributed by atoms with van der Waals surface area (Å²) in [4.78, 5) is 29.5. The number of nitrogens with zero attached hydrogens (tertiary/aromatic N) is 2. The molecular formula is C21H22ClN3O3S. The maximum atomic E-state index is 12.8. The van der Waals surface area contributed by atoms with Gasteiger partial charge in [-0.2, -0.15) is 0 Å². The second-order valence-electron chi connectivity index (χ2n) is 6.31. The third-order valence-electron chi connectivity index (χ3n) is 4.10. The highest BCUT2D eigenvalue weighted by Crippen LogP contribution is 2.20. The minimum atomic E-state index is -0.143. The molecule has 1 N–H and O–H groups in total. The fraction of sp³-hybridized carbons (Fsp3) is 0.286. The molecule has 0 aliphatic heterocycles. The highest BCUT2D eigenvalue weighted by atomic mass is 35.5. The largest absolute Gasteiger partial charge is 0.492 e. The molecule has 6 nitrogen and oxygen atoms in total. The highest BCUT2D eigenvalue weighted by molar-refractivity contribution is 7.99. The van der Waals surface area contributed by atoms with E-state index in [1.807, 2.05) is 37.3 Å². The van der Waals surface area contributed by atoms with Crippen molar-refractivity contribution in [2.24, 2.45) is 0 Å². The Balaban J connectivity index is 1.60. The number of aromatic nitrogens is 2. The number of ether oxygens (including phenoxy) is 1. The zero-order chi connectivity index (χ0) is 20.6. The van der Waals surface area contributed by atoms with E-state index in [4.69, 9.17) is 16.3 Å². The van der Waals surface area contributed by atoms with Gasteiger partial charge in [-0.3, -0.25) is 14.2 Å². The van der Waals surface area contributed by atoms with Gasteiger partial charge in [-0.25, -0.2) is 4.98 Å². The SMILES string of the molecule is CCCn1c(SCC(=O)NCCOc2ccccc2)nc2cc(Cl)ccc2c1=O. The predicted octanol–water partition coefficient (Wildman–Crippen LogP) is 3.75. The number of para-hydroxylation sites is 1. The molecule has 3 aromatic rings. The number of carbonyl (C=O) groups is 1. The molecule has 0 saturated heterocycles. The smallest absolute Gasteiger partial charge is 0.262 e. The van der Waals surface area contributed by atoms with Crippen LogP contribution in [0.25, 0.3) is 10.9 Å². The summed E-state index contributed by atoms with van der Waals surface area (Å²) in [5.41, 5.74) is 0.418. The summed E-state index contributed by atoms with van der Waals surface area (Å²) in [7, 11) is 0. The molecule has 0 radical (unpaired) electrons. The van der Waals surface area contributed by atoms with Crippen LogP contribution >= 0.6 is 23.4 Å². The van der Waals surface area contributed by atoms with Crippen molar-refractivity contribution in [2.45, 2.75) is 25.0 Å². The van der Waals surface area contributed by atoms with Crippen LogP contribution in [0.5, 0.6) is 5.75 Å². The predicted molar refractivity (Wildman–Crippen MR) is 117 cm³/mol. The number of rotatable bonds is 9. The molecule has 3 rings (SSSR count). The summed E-state index contributed by atoms with van der Waals surface area (Å²) in [6, 6.07) is 14.5. The van der Waals surface area contributed by atoms with E-state index < -0.39 is 0 Å². The quantitative estimate of drug-likeness (QED) is 0.317. The first-order valence-electron chi connectivity index (χ1n) is 9.36. The summed E-state index contributed by atoms with van der Waals surface area (Å²) in [6.07, 6.45) is 0.789. The molecule has 0 bridgehead atoms. The minimum Gasteiger partial charge on any atom is -0.492 e. The van der Waals surface area contributed by atoms with Gasteiger partial charge in [-0.1, -0.05) is 48.5 Å². The maximum absolute atomic E-state index is 12.8. The summed E-state index contributed by atoms with van der Waals surface area (Å²) in [5, 5.41) is 4.37. The van der Waals surface area contributed by atoms with Crippen LogP contribution in [0.4, 0.5) is 0 Å². The van der Waals surface area contributed by atoms with Crippen molar-refractivity contribution < 1.29 is 9.53 Å². The fourth-order valence-corrected chi connectivity index (χ4v) is 3.78. The molecule has 2 aromatic carbocycles. The molecule has 0 spiro atoms. The van der Waals surface area contributed by atoms with E-state index in [-0.39, 0.29) is 17.2 Å². The highest BCUT2D eigenvalue weighted by Gasteiger charge is 2.13. The summed E-state index contributed by atoms with van der Waals surface area (Å²) >= 11 is 7.28. The third kappa shape index (κ3) is 5.74. The van der Waals surface area contributed by atoms with Crippen LogP contribution in [-0.4, -0.2) is 34.4 Å². The second kappa shape index (κ2) is 10.3. The zero-order valence-electron chi connectivity index (χ0n) is 16.1. The average molecular weight is 432 g/mol. The Morgan fingerprint density at radius 2 is 2.03 bits per heavy atom. The van der Waals surface area contributed by atoms with Gasteiger partial charge in [0.1, 0.15) is 12.4 Å². The molecule has 29 heavy (non-hydrogen) atoms. The molecule has 1 amide bonds. The Morgan fingerprint density at radius 1 is 1.24 bits per heavy atom. The Hall–Kier alpha value is -2.51. The molecule has 0 unspecified atom stereocenters. The van der Waals surface area contributed by atoms with Gasteiger partial charge in [0.25, 0.3) is 5.56 Å². The Kier molecular flexibility index (Phi) is 7.55. The second-order valence-corrected chi connectivity index (χ2v) is 7.69. The molecule has 0 atom stereocenters. The molecule has 0 saturated carbocycles. The van der Waals surface area contributed by atoms with E-state index >= 15 is 0 Å². The van der Waals surface area contributed by atoms with E-state index in [1.54, 1.807) is 22.8 Å². The van der Waals surface area contributed by atoms with Crippen molar-refractivity contribution in [3.05, 3.63) is 63.9 Å². The Bertz CT molecular complexity index is 1040. The number of amides is 1. The van der Waals surface area contributed by atoms with Crippen molar-refractivity contribution >= 4 is 40.2 Å². The monoisotopic (exact) mass is 431 g/mol. The minimum absolute atomic E-state index is 0.118. The standard InChI is InChI=1S/C21H22ClN3O3S/c1-2-11-25-20(27)17-9-8-15(22)13-18(17)24-21(25)29-14-19(26)23-10-12-28-16-6-4-3-5-7-16/h3-9,13H,2,10-12,14H2,1H3,(H,23,26). The first kappa shape index (κ1) is 21.2. The van der Waals surface area contributed by atoms with E-state index in [0.29, 0.717) is 40.8 Å². The van der Waals surface area contributed by atoms with Gasteiger partial charge in [0.2, 0.25) is 5.91 Å². The zero-order valence-corrected chi connectivity index (χ0v) is 17.6. The van der Waals surface area contributed by atoms with Crippen molar-refractivity contribution in [1.82, 2.24) is 14.9 Å². The van der Waals surface area contributed by atoms with E-state index in [1.165, 1.54) is 11.8 Å². The average Bonchev–Trinajstić information content (AvgIpc) is 2.72. The summed E-state index contributed by atoms with van der Waals surface area (Å²) < 4.78 is 7.17. The number of thioether (sulfide) groups is 1. The van der Waals surface area contributed by atoms with Crippen molar-refractivity contribution in [1.29, 1.82) is 0 Å². The molecule has 8 heteroatoms. The molecule has 0 fully saturated rings. The van der Waals surface area contributed by atoms with Gasteiger partial charge in [0.05, 0.1) is 23.2 Å². The Morgan fingerprint density at radius 3 is 2.79 bits per heavy atom. The van der Waals surface area contributed by atoms with Gasteiger partial charge in [-0.15, -0.1) is 0 Å². The lowest BCUT2D eigenvalue weighted by Gasteiger charge is -2.12. The van der Waals surface area contributed by atoms with Crippen LogP contribution in [0.3, 0.4) is 0 Å². The van der Waals surface area contributed by atoms with Crippen LogP contribution in [0.1, 0.15) is 13.3 Å². The normalized spacial score (nSPS) is 10.8. The lowest BCUT2D eigenvalue weighted by molar-refractivity contribution is -0.118. The molecule has 1 aromatic heterocycles. The van der Waals surface area contributed by atoms with Crippen molar-refractivity contribution in [3.8, 4) is 5.75 Å². The van der Waals surface area contributed by atoms with Crippen molar-refractivity contribution in [3.63, 3.8) is 0 Å². The molecule has 152 valence electrons. The van der Waals surface area contributed by atoms with Gasteiger partial charge in [0.15, 0.2) is 5.16 Å². The first-order valence-corrected chi connectivity index (χ1v) is 10.7. The van der Waals surface area contributed by atoms with E-state index in [2.05, 4.69) is 10.3 Å². The number of benzene rings is 2. The number of nitrogens with one attached hydrogen (secondary N) is 1. The van der Waals surface area contributed by atoms with Gasteiger partial charge in [-0.05, 0) is 36.8 Å². The number of carbonyl (C=O) groups excluding carboxylic acids is 1. The topological polar surface area (TPSA) is 73.2 Å². The number of fused-ring (bicyclic) bond motifs is 1. The van der Waals surface area contributed by atoms with Gasteiger partial charge < -0.3 is 10.1 Å². The van der Waals surface area contributed by atoms with E-state index in [0.717, 1.165) is 12.2 Å². The number of hydrogen-bond acceptors (Lipinski definition) is 5. The number of halogens is 1. The Labute approximate surface area is 178 Å². The lowest BCUT2D eigenvalue weighted by atomic mass is 10.2. The molecule has 0 aliphatic rings. The first-order chi connectivity index (χ1) is 14.1. The van der Waals surface area contributed by atoms with Crippen molar-refractivity contribution in [2.75, 3.05) is 18.9 Å². The maximum Gasteiger partial charge on any atom is 0.262 e. The van der Waals surface area contributed by atoms with Crippen LogP contribution < -0.4 is 15.6 Å². The summed E-state index contributed by atoms with van der Waals surface area (Å²) in [6.45, 7) is 3.32. The molecule has 0 aliphatic carbocycles. The van der Waals surface area contributed by atoms with Gasteiger partial charge >= 0.3 is 0 Å². The van der Waals surface area contributed by atoms with E-state index in [9.17, 15) is 9.59 Å². The van der Waals surface area contributed by atoms with Gasteiger partial charge in [0, 0.05) is 11.6 Å². The van der Waals surface area contributed by atoms with Crippen LogP contribution in [-0.2, 0) is 11.3 Å². The van der Waals surface area contributed by atoms with Crippen LogP contribution in [0.15, 0.2) is 58.5 Å². The summed E-state index contributed by atoms with van der Waals surface area (Å²) in [5.74, 6) is 0.780. The number of hydrogen-bond donors (Lipinski definition) is 1. The fourth-order valence-electron chi connectivity index (χ4n) is 2.76. The molecular weight excluding hydrogens is 410 g/mol.